The van der Waals surface area contributed by atoms with Crippen molar-refractivity contribution in [2.45, 2.75) is 114 Å². The number of fused-ring (bicyclic) bond motifs is 1. The number of imidazole rings is 1. The lowest BCUT2D eigenvalue weighted by atomic mass is 9.81. The third-order valence-corrected chi connectivity index (χ3v) is 11.0. The van der Waals surface area contributed by atoms with E-state index in [-0.39, 0.29) is 42.1 Å². The molecule has 3 aromatic rings. The zero-order valence-corrected chi connectivity index (χ0v) is 28.6. The van der Waals surface area contributed by atoms with E-state index >= 15 is 0 Å². The molecule has 49 heavy (non-hydrogen) atoms. The minimum absolute atomic E-state index is 0.0226. The number of carbonyl (C=O) groups is 2. The summed E-state index contributed by atoms with van der Waals surface area (Å²) in [6, 6.07) is 3.43. The normalized spacial score (nSPS) is 21.9. The molecule has 1 N–H and O–H groups in total. The summed E-state index contributed by atoms with van der Waals surface area (Å²) in [4.78, 5) is 30.7. The van der Waals surface area contributed by atoms with Crippen LogP contribution in [-0.4, -0.2) is 63.1 Å². The van der Waals surface area contributed by atoms with Crippen molar-refractivity contribution in [2.75, 3.05) is 0 Å². The van der Waals surface area contributed by atoms with E-state index in [0.29, 0.717) is 16.8 Å². The molecule has 5 rings (SSSR count). The van der Waals surface area contributed by atoms with Crippen LogP contribution >= 0.6 is 0 Å². The van der Waals surface area contributed by atoms with Gasteiger partial charge in [-0.25, -0.2) is 35.8 Å². The van der Waals surface area contributed by atoms with E-state index in [0.717, 1.165) is 0 Å². The van der Waals surface area contributed by atoms with Gasteiger partial charge in [0.1, 0.15) is 11.6 Å². The number of carbonyl (C=O) groups excluding carboxylic acids is 2. The molecule has 1 aliphatic heterocycles. The number of amides is 2. The van der Waals surface area contributed by atoms with Gasteiger partial charge in [-0.15, -0.1) is 0 Å². The Bertz CT molecular complexity index is 1800. The summed E-state index contributed by atoms with van der Waals surface area (Å²) in [5.74, 6) is -6.54. The van der Waals surface area contributed by atoms with Crippen molar-refractivity contribution in [1.82, 2.24) is 24.2 Å². The van der Waals surface area contributed by atoms with Crippen molar-refractivity contribution in [2.24, 2.45) is 11.8 Å². The van der Waals surface area contributed by atoms with E-state index in [9.17, 15) is 40.0 Å². The maximum absolute atomic E-state index is 14.3. The number of hydrogen-bond donors (Lipinski definition) is 1. The number of hydrogen-bond acceptors (Lipinski definition) is 7. The number of nitrogens with one attached hydrogen (secondary N) is 1. The fourth-order valence-corrected chi connectivity index (χ4v) is 8.37. The predicted octanol–water partition coefficient (Wildman–Crippen LogP) is 7.09. The zero-order chi connectivity index (χ0) is 36.1. The Morgan fingerprint density at radius 2 is 1.76 bits per heavy atom. The van der Waals surface area contributed by atoms with Crippen LogP contribution in [0.25, 0.3) is 5.65 Å². The lowest BCUT2D eigenvalue weighted by Gasteiger charge is -2.33. The van der Waals surface area contributed by atoms with Crippen LogP contribution in [0, 0.1) is 18.8 Å². The lowest BCUT2D eigenvalue weighted by molar-refractivity contribution is -0.169. The maximum Gasteiger partial charge on any atom is 0.410 e. The first kappa shape index (κ1) is 36.5. The molecule has 4 atom stereocenters. The van der Waals surface area contributed by atoms with Crippen LogP contribution in [0.2, 0.25) is 0 Å². The summed E-state index contributed by atoms with van der Waals surface area (Å²) in [6.45, 7) is 8.43. The molecule has 0 spiro atoms. The monoisotopic (exact) mass is 713 g/mol. The molecule has 2 amide bonds. The molecule has 1 saturated carbocycles. The second kappa shape index (κ2) is 13.1. The van der Waals surface area contributed by atoms with Gasteiger partial charge in [0.25, 0.3) is 10.0 Å². The van der Waals surface area contributed by atoms with E-state index in [2.05, 4.69) is 15.4 Å². The van der Waals surface area contributed by atoms with Crippen LogP contribution in [0.4, 0.5) is 26.7 Å². The number of benzene rings is 1. The molecule has 0 radical (unpaired) electrons. The molecule has 2 fully saturated rings. The van der Waals surface area contributed by atoms with E-state index < -0.39 is 80.9 Å². The van der Waals surface area contributed by atoms with Crippen molar-refractivity contribution in [1.29, 1.82) is 0 Å². The van der Waals surface area contributed by atoms with Crippen molar-refractivity contribution >= 4 is 27.7 Å². The quantitative estimate of drug-likeness (QED) is 0.247. The molecular formula is C33H40F5N5O5S. The number of ether oxygens (including phenoxy) is 1. The van der Waals surface area contributed by atoms with Crippen molar-refractivity contribution in [3.05, 3.63) is 59.5 Å². The first-order valence-corrected chi connectivity index (χ1v) is 17.6. The Kier molecular flexibility index (Phi) is 9.78. The number of halogens is 5. The maximum atomic E-state index is 14.3. The molecule has 2 unspecified atom stereocenters. The van der Waals surface area contributed by atoms with Gasteiger partial charge in [-0.1, -0.05) is 24.6 Å². The SMILES string of the molecule is CCC(c1cnn2cc([C@@H](NC(=O)OC(C)(C)C)C3CCC(F)(F)CC3)nc2c1)C1C[C@@H](C(F)(F)F)N(S(=O)(=O)c2ccc(C)cc2)C1=O. The number of alkyl halides is 5. The molecule has 1 saturated heterocycles. The Balaban J connectivity index is 1.47. The Labute approximate surface area is 281 Å². The first-order chi connectivity index (χ1) is 22.7. The highest BCUT2D eigenvalue weighted by atomic mass is 32.2. The number of alkyl carbamates (subject to hydrolysis) is 1. The van der Waals surface area contributed by atoms with Gasteiger partial charge >= 0.3 is 12.3 Å². The Morgan fingerprint density at radius 1 is 1.12 bits per heavy atom. The third kappa shape index (κ3) is 7.83. The summed E-state index contributed by atoms with van der Waals surface area (Å²) < 4.78 is 105. The van der Waals surface area contributed by atoms with Crippen LogP contribution in [0.5, 0.6) is 0 Å². The Hall–Kier alpha value is -3.82. The van der Waals surface area contributed by atoms with Gasteiger partial charge < -0.3 is 10.1 Å². The summed E-state index contributed by atoms with van der Waals surface area (Å²) in [5.41, 5.74) is 0.805. The molecule has 3 heterocycles. The number of aryl methyl sites for hydroxylation is 1. The summed E-state index contributed by atoms with van der Waals surface area (Å²) in [7, 11) is -4.83. The molecule has 1 aromatic carbocycles. The minimum Gasteiger partial charge on any atom is -0.444 e. The first-order valence-electron chi connectivity index (χ1n) is 16.1. The van der Waals surface area contributed by atoms with Gasteiger partial charge in [0.15, 0.2) is 5.65 Å². The molecule has 10 nitrogen and oxygen atoms in total. The number of aromatic nitrogens is 3. The number of sulfonamides is 1. The average Bonchev–Trinajstić information content (AvgIpc) is 3.57. The average molecular weight is 714 g/mol. The molecule has 0 bridgehead atoms. The molecule has 2 aliphatic rings. The summed E-state index contributed by atoms with van der Waals surface area (Å²) in [6.07, 6.45) is -3.92. The number of rotatable bonds is 8. The van der Waals surface area contributed by atoms with Crippen molar-refractivity contribution in [3.8, 4) is 0 Å². The molecule has 2 aromatic heterocycles. The van der Waals surface area contributed by atoms with Crippen LogP contribution in [0.15, 0.2) is 47.6 Å². The third-order valence-electron chi connectivity index (χ3n) is 9.19. The highest BCUT2D eigenvalue weighted by Gasteiger charge is 2.59. The topological polar surface area (TPSA) is 123 Å². The molecule has 268 valence electrons. The number of nitrogens with zero attached hydrogens (tertiary/aromatic N) is 4. The highest BCUT2D eigenvalue weighted by Crippen LogP contribution is 2.46. The van der Waals surface area contributed by atoms with Crippen molar-refractivity contribution in [3.63, 3.8) is 0 Å². The van der Waals surface area contributed by atoms with Gasteiger partial charge in [-0.2, -0.15) is 18.3 Å². The summed E-state index contributed by atoms with van der Waals surface area (Å²) >= 11 is 0. The predicted molar refractivity (Wildman–Crippen MR) is 168 cm³/mol. The summed E-state index contributed by atoms with van der Waals surface area (Å²) in [5, 5.41) is 7.15. The van der Waals surface area contributed by atoms with E-state index in [1.807, 2.05) is 0 Å². The van der Waals surface area contributed by atoms with Gasteiger partial charge in [0, 0.05) is 18.8 Å². The van der Waals surface area contributed by atoms with Gasteiger partial charge in [-0.3, -0.25) is 4.79 Å². The van der Waals surface area contributed by atoms with Crippen LogP contribution in [0.3, 0.4) is 0 Å². The fourth-order valence-electron chi connectivity index (χ4n) is 6.75. The molecule has 16 heteroatoms. The minimum atomic E-state index is -5.01. The van der Waals surface area contributed by atoms with E-state index in [4.69, 9.17) is 4.74 Å². The largest absolute Gasteiger partial charge is 0.444 e. The molecular weight excluding hydrogens is 673 g/mol. The van der Waals surface area contributed by atoms with Gasteiger partial charge in [0.05, 0.1) is 29.0 Å². The highest BCUT2D eigenvalue weighted by molar-refractivity contribution is 7.89. The van der Waals surface area contributed by atoms with Crippen LogP contribution < -0.4 is 5.32 Å². The fraction of sp³-hybridized carbons (Fsp3) is 0.576. The Morgan fingerprint density at radius 3 is 2.33 bits per heavy atom. The van der Waals surface area contributed by atoms with Crippen LogP contribution in [-0.2, 0) is 19.6 Å². The van der Waals surface area contributed by atoms with Gasteiger partial charge in [-0.05, 0) is 89.0 Å². The lowest BCUT2D eigenvalue weighted by Crippen LogP contribution is -2.46. The van der Waals surface area contributed by atoms with E-state index in [1.54, 1.807) is 40.7 Å². The van der Waals surface area contributed by atoms with Crippen molar-refractivity contribution < 1.29 is 44.7 Å². The second-order valence-electron chi connectivity index (χ2n) is 13.9. The standard InChI is InChI=1S/C33H40F5N5O5S/c1-6-23(24-16-26(33(36,37)38)43(29(24)44)49(46,47)22-9-7-19(2)8-10-22)21-15-27-40-25(18-42(27)39-17-21)28(41-30(45)48-31(3,4)5)20-11-13-32(34,35)14-12-20/h7-10,15,17-18,20,23-24,26,28H,6,11-14,16H2,1-5H3,(H,41,45)/t23?,24?,26-,28-/m0/s1. The van der Waals surface area contributed by atoms with E-state index in [1.165, 1.54) is 41.2 Å². The van der Waals surface area contributed by atoms with Gasteiger partial charge in [0.2, 0.25) is 11.8 Å². The van der Waals surface area contributed by atoms with Crippen LogP contribution in [0.1, 0.15) is 95.0 Å². The smallest absolute Gasteiger partial charge is 0.410 e. The molecule has 1 aliphatic carbocycles. The zero-order valence-electron chi connectivity index (χ0n) is 27.8. The second-order valence-corrected chi connectivity index (χ2v) is 15.8.